The average molecular weight is 526 g/mol. The summed E-state index contributed by atoms with van der Waals surface area (Å²) in [5.74, 6) is -1.01. The van der Waals surface area contributed by atoms with Gasteiger partial charge in [-0.05, 0) is 60.5 Å². The molecule has 33 heavy (non-hydrogen) atoms. The smallest absolute Gasteiger partial charge is 0.335 e. The number of hydrogen-bond donors (Lipinski definition) is 1. The molecule has 8 heteroatoms. The number of amides is 4. The number of rotatable bonds is 5. The molecular weight excluding hydrogens is 508 g/mol. The van der Waals surface area contributed by atoms with Crippen molar-refractivity contribution in [2.24, 2.45) is 0 Å². The lowest BCUT2D eigenvalue weighted by Crippen LogP contribution is -2.54. The van der Waals surface area contributed by atoms with Gasteiger partial charge >= 0.3 is 6.03 Å². The number of urea groups is 1. The fourth-order valence-corrected chi connectivity index (χ4v) is 3.84. The van der Waals surface area contributed by atoms with Gasteiger partial charge in [-0.1, -0.05) is 63.4 Å². The van der Waals surface area contributed by atoms with Crippen molar-refractivity contribution in [1.29, 1.82) is 0 Å². The Kier molecular flexibility index (Phi) is 6.62. The number of carbonyl (C=O) groups excluding carboxylic acids is 3. The largest absolute Gasteiger partial charge is 0.487 e. The third kappa shape index (κ3) is 5.16. The second-order valence-electron chi connectivity index (χ2n) is 7.40. The van der Waals surface area contributed by atoms with E-state index in [-0.39, 0.29) is 5.57 Å². The van der Waals surface area contributed by atoms with Crippen molar-refractivity contribution in [2.75, 3.05) is 4.90 Å². The molecule has 1 heterocycles. The van der Waals surface area contributed by atoms with Gasteiger partial charge in [-0.2, -0.15) is 0 Å². The number of nitrogens with one attached hydrogen (secondary N) is 1. The van der Waals surface area contributed by atoms with E-state index in [0.717, 1.165) is 20.5 Å². The summed E-state index contributed by atoms with van der Waals surface area (Å²) in [6.07, 6.45) is 1.40. The molecule has 166 valence electrons. The van der Waals surface area contributed by atoms with Crippen molar-refractivity contribution < 1.29 is 19.1 Å². The minimum absolute atomic E-state index is 0.179. The van der Waals surface area contributed by atoms with Crippen LogP contribution < -0.4 is 15.0 Å². The Hall–Kier alpha value is -3.42. The van der Waals surface area contributed by atoms with Crippen molar-refractivity contribution in [1.82, 2.24) is 5.32 Å². The Labute approximate surface area is 203 Å². The predicted octanol–water partition coefficient (Wildman–Crippen LogP) is 5.66. The third-order valence-electron chi connectivity index (χ3n) is 4.93. The molecule has 1 aliphatic rings. The molecule has 0 radical (unpaired) electrons. The Morgan fingerprint density at radius 1 is 1.03 bits per heavy atom. The molecule has 4 amide bonds. The molecule has 0 bridgehead atoms. The van der Waals surface area contributed by atoms with Crippen molar-refractivity contribution in [2.45, 2.75) is 13.5 Å². The Balaban J connectivity index is 1.56. The van der Waals surface area contributed by atoms with E-state index >= 15 is 0 Å². The molecule has 6 nitrogen and oxygen atoms in total. The Morgan fingerprint density at radius 3 is 2.48 bits per heavy atom. The van der Waals surface area contributed by atoms with Crippen molar-refractivity contribution in [3.8, 4) is 5.75 Å². The lowest BCUT2D eigenvalue weighted by molar-refractivity contribution is -0.122. The van der Waals surface area contributed by atoms with Gasteiger partial charge in [0.25, 0.3) is 11.8 Å². The molecule has 1 fully saturated rings. The van der Waals surface area contributed by atoms with Crippen molar-refractivity contribution in [3.05, 3.63) is 98.5 Å². The quantitative estimate of drug-likeness (QED) is 0.345. The van der Waals surface area contributed by atoms with E-state index in [9.17, 15) is 14.4 Å². The number of imide groups is 2. The van der Waals surface area contributed by atoms with Gasteiger partial charge in [-0.25, -0.2) is 9.69 Å². The van der Waals surface area contributed by atoms with Gasteiger partial charge in [0.1, 0.15) is 17.9 Å². The summed E-state index contributed by atoms with van der Waals surface area (Å²) in [6, 6.07) is 18.7. The molecular formula is C25H18BrClN2O4. The van der Waals surface area contributed by atoms with Crippen LogP contribution in [0, 0.1) is 6.92 Å². The van der Waals surface area contributed by atoms with Gasteiger partial charge in [0.2, 0.25) is 0 Å². The van der Waals surface area contributed by atoms with Crippen molar-refractivity contribution in [3.63, 3.8) is 0 Å². The van der Waals surface area contributed by atoms with E-state index in [0.29, 0.717) is 28.6 Å². The molecule has 0 saturated carbocycles. The highest BCUT2D eigenvalue weighted by Gasteiger charge is 2.36. The fraction of sp³-hybridized carbons (Fsp3) is 0.0800. The molecule has 1 aliphatic heterocycles. The molecule has 0 atom stereocenters. The van der Waals surface area contributed by atoms with Crippen LogP contribution in [0.1, 0.15) is 16.7 Å². The molecule has 0 unspecified atom stereocenters. The van der Waals surface area contributed by atoms with Gasteiger partial charge in [0.05, 0.1) is 10.7 Å². The molecule has 4 rings (SSSR count). The molecule has 0 aliphatic carbocycles. The first-order valence-corrected chi connectivity index (χ1v) is 11.1. The number of halogens is 2. The number of carbonyl (C=O) groups is 3. The number of hydrogen-bond acceptors (Lipinski definition) is 4. The summed E-state index contributed by atoms with van der Waals surface area (Å²) in [6.45, 7) is 2.36. The lowest BCUT2D eigenvalue weighted by atomic mass is 10.1. The lowest BCUT2D eigenvalue weighted by Gasteiger charge is -2.26. The first-order chi connectivity index (χ1) is 15.8. The molecule has 0 spiro atoms. The topological polar surface area (TPSA) is 75.7 Å². The summed E-state index contributed by atoms with van der Waals surface area (Å²) >= 11 is 9.68. The van der Waals surface area contributed by atoms with Gasteiger partial charge in [0.15, 0.2) is 0 Å². The zero-order valence-corrected chi connectivity index (χ0v) is 19.8. The van der Waals surface area contributed by atoms with E-state index in [1.807, 2.05) is 31.2 Å². The normalized spacial score (nSPS) is 15.1. The van der Waals surface area contributed by atoms with Gasteiger partial charge in [-0.15, -0.1) is 0 Å². The van der Waals surface area contributed by atoms with Crippen LogP contribution in [0.4, 0.5) is 10.5 Å². The molecule has 1 saturated heterocycles. The Bertz CT molecular complexity index is 1290. The summed E-state index contributed by atoms with van der Waals surface area (Å²) in [4.78, 5) is 38.6. The monoisotopic (exact) mass is 524 g/mol. The molecule has 1 N–H and O–H groups in total. The first-order valence-electron chi connectivity index (χ1n) is 9.97. The van der Waals surface area contributed by atoms with Crippen LogP contribution in [-0.4, -0.2) is 17.8 Å². The van der Waals surface area contributed by atoms with Crippen LogP contribution in [0.3, 0.4) is 0 Å². The molecule has 0 aromatic heterocycles. The van der Waals surface area contributed by atoms with E-state index in [2.05, 4.69) is 21.2 Å². The number of nitrogens with zero attached hydrogens (tertiary/aromatic N) is 1. The predicted molar refractivity (Wildman–Crippen MR) is 130 cm³/mol. The van der Waals surface area contributed by atoms with Gasteiger partial charge < -0.3 is 4.74 Å². The zero-order valence-electron chi connectivity index (χ0n) is 17.5. The minimum atomic E-state index is -0.803. The van der Waals surface area contributed by atoms with Gasteiger partial charge in [-0.3, -0.25) is 14.9 Å². The second kappa shape index (κ2) is 9.60. The average Bonchev–Trinajstić information content (AvgIpc) is 2.77. The highest BCUT2D eigenvalue weighted by Crippen LogP contribution is 2.29. The SMILES string of the molecule is Cc1cccc(COc2ccc(/C=C3\C(=O)NC(=O)N(c4ccc(Br)cc4)C3=O)cc2Cl)c1. The number of ether oxygens (including phenoxy) is 1. The maximum atomic E-state index is 13.0. The number of barbiturate groups is 1. The number of anilines is 1. The van der Waals surface area contributed by atoms with E-state index < -0.39 is 17.8 Å². The Morgan fingerprint density at radius 2 is 1.79 bits per heavy atom. The molecule has 3 aromatic rings. The van der Waals surface area contributed by atoms with Crippen LogP contribution in [0.5, 0.6) is 5.75 Å². The zero-order chi connectivity index (χ0) is 23.5. The summed E-state index contributed by atoms with van der Waals surface area (Å²) in [5.41, 5.74) is 2.83. The van der Waals surface area contributed by atoms with E-state index in [4.69, 9.17) is 16.3 Å². The van der Waals surface area contributed by atoms with Crippen molar-refractivity contribution >= 4 is 57.1 Å². The maximum Gasteiger partial charge on any atom is 0.335 e. The fourth-order valence-electron chi connectivity index (χ4n) is 3.34. The highest BCUT2D eigenvalue weighted by atomic mass is 79.9. The minimum Gasteiger partial charge on any atom is -0.487 e. The number of benzene rings is 3. The van der Waals surface area contributed by atoms with Crippen LogP contribution in [0.2, 0.25) is 5.02 Å². The van der Waals surface area contributed by atoms with E-state index in [1.165, 1.54) is 6.08 Å². The summed E-state index contributed by atoms with van der Waals surface area (Å²) in [7, 11) is 0. The molecule has 3 aromatic carbocycles. The maximum absolute atomic E-state index is 13.0. The number of aryl methyl sites for hydroxylation is 1. The van der Waals surface area contributed by atoms with Gasteiger partial charge in [0, 0.05) is 4.47 Å². The van der Waals surface area contributed by atoms with Crippen LogP contribution in [0.15, 0.2) is 76.8 Å². The standard InChI is InChI=1S/C25H18BrClN2O4/c1-15-3-2-4-17(11-15)14-33-22-10-5-16(13-21(22)27)12-20-23(30)28-25(32)29(24(20)31)19-8-6-18(26)7-9-19/h2-13H,14H2,1H3,(H,28,30,32)/b20-12+. The van der Waals surface area contributed by atoms with Crippen LogP contribution in [-0.2, 0) is 16.2 Å². The van der Waals surface area contributed by atoms with E-state index in [1.54, 1.807) is 42.5 Å². The first kappa shape index (κ1) is 22.8. The van der Waals surface area contributed by atoms with Crippen LogP contribution in [0.25, 0.3) is 6.08 Å². The third-order valence-corrected chi connectivity index (χ3v) is 5.75. The highest BCUT2D eigenvalue weighted by molar-refractivity contribution is 9.10. The summed E-state index contributed by atoms with van der Waals surface area (Å²) in [5, 5.41) is 2.54. The summed E-state index contributed by atoms with van der Waals surface area (Å²) < 4.78 is 6.60. The van der Waals surface area contributed by atoms with Crippen LogP contribution >= 0.6 is 27.5 Å². The second-order valence-corrected chi connectivity index (χ2v) is 8.72.